The first-order valence-electron chi connectivity index (χ1n) is 12.8. The Labute approximate surface area is 240 Å². The fourth-order valence-electron chi connectivity index (χ4n) is 4.24. The van der Waals surface area contributed by atoms with Gasteiger partial charge in [-0.25, -0.2) is 8.42 Å². The fourth-order valence-corrected chi connectivity index (χ4v) is 5.90. The second kappa shape index (κ2) is 12.8. The molecule has 0 aliphatic carbocycles. The molecule has 2 amide bonds. The van der Waals surface area contributed by atoms with Crippen LogP contribution in [0.15, 0.2) is 76.1 Å². The molecule has 208 valence electrons. The molecule has 0 bridgehead atoms. The Morgan fingerprint density at radius 1 is 0.846 bits per heavy atom. The fraction of sp³-hybridized carbons (Fsp3) is 0.333. The van der Waals surface area contributed by atoms with Gasteiger partial charge in [0, 0.05) is 17.1 Å². The quantitative estimate of drug-likeness (QED) is 0.326. The van der Waals surface area contributed by atoms with Crippen molar-refractivity contribution in [3.05, 3.63) is 93.5 Å². The van der Waals surface area contributed by atoms with E-state index in [1.165, 1.54) is 4.90 Å². The first-order chi connectivity index (χ1) is 18.3. The summed E-state index contributed by atoms with van der Waals surface area (Å²) in [6.07, 6.45) is 0. The number of sulfonamides is 1. The number of amides is 2. The van der Waals surface area contributed by atoms with Crippen LogP contribution < -0.4 is 9.62 Å². The second-order valence-electron chi connectivity index (χ2n) is 10.2. The van der Waals surface area contributed by atoms with E-state index >= 15 is 0 Å². The highest BCUT2D eigenvalue weighted by molar-refractivity contribution is 9.10. The molecule has 0 aliphatic rings. The predicted molar refractivity (Wildman–Crippen MR) is 159 cm³/mol. The minimum Gasteiger partial charge on any atom is -0.352 e. The molecule has 3 aromatic rings. The smallest absolute Gasteiger partial charge is 0.264 e. The van der Waals surface area contributed by atoms with E-state index in [-0.39, 0.29) is 23.4 Å². The molecule has 0 aromatic heterocycles. The second-order valence-corrected chi connectivity index (χ2v) is 12.9. The van der Waals surface area contributed by atoms with E-state index in [1.54, 1.807) is 43.3 Å². The van der Waals surface area contributed by atoms with Crippen LogP contribution >= 0.6 is 15.9 Å². The Kier molecular flexibility index (Phi) is 9.96. The number of aryl methyl sites for hydroxylation is 3. The van der Waals surface area contributed by atoms with Gasteiger partial charge < -0.3 is 10.2 Å². The number of rotatable bonds is 10. The molecule has 0 heterocycles. The van der Waals surface area contributed by atoms with E-state index in [9.17, 15) is 18.0 Å². The normalized spacial score (nSPS) is 12.2. The van der Waals surface area contributed by atoms with Gasteiger partial charge in [0.2, 0.25) is 11.8 Å². The molecule has 0 radical (unpaired) electrons. The lowest BCUT2D eigenvalue weighted by atomic mass is 10.1. The summed E-state index contributed by atoms with van der Waals surface area (Å²) in [5, 5.41) is 2.86. The summed E-state index contributed by atoms with van der Waals surface area (Å²) in [5.74, 6) is -0.797. The van der Waals surface area contributed by atoms with Crippen molar-refractivity contribution in [3.63, 3.8) is 0 Å². The van der Waals surface area contributed by atoms with E-state index in [2.05, 4.69) is 21.2 Å². The highest BCUT2D eigenvalue weighted by Crippen LogP contribution is 2.27. The van der Waals surface area contributed by atoms with Crippen molar-refractivity contribution in [3.8, 4) is 0 Å². The lowest BCUT2D eigenvalue weighted by Gasteiger charge is -2.32. The average molecular weight is 615 g/mol. The van der Waals surface area contributed by atoms with Crippen LogP contribution in [0.1, 0.15) is 43.0 Å². The maximum atomic E-state index is 14.0. The first kappa shape index (κ1) is 30.4. The molecule has 3 aromatic carbocycles. The van der Waals surface area contributed by atoms with Gasteiger partial charge in [0.1, 0.15) is 12.6 Å². The highest BCUT2D eigenvalue weighted by atomic mass is 79.9. The van der Waals surface area contributed by atoms with Crippen LogP contribution in [-0.4, -0.2) is 43.8 Å². The summed E-state index contributed by atoms with van der Waals surface area (Å²) in [6, 6.07) is 18.5. The lowest BCUT2D eigenvalue weighted by molar-refractivity contribution is -0.139. The molecular formula is C30H36BrN3O4S. The Morgan fingerprint density at radius 3 is 1.95 bits per heavy atom. The zero-order valence-electron chi connectivity index (χ0n) is 23.2. The van der Waals surface area contributed by atoms with Crippen molar-refractivity contribution < 1.29 is 18.0 Å². The summed E-state index contributed by atoms with van der Waals surface area (Å²) in [5.41, 5.74) is 3.88. The standard InChI is InChI=1S/C30H36BrN3O4S/c1-20(2)32-30(36)24(6)33(18-25-9-11-26(31)12-10-25)29(35)19-34(27-16-22(4)15-23(5)17-27)39(37,38)28-13-7-21(3)8-14-28/h7-17,20,24H,18-19H2,1-6H3,(H,32,36)/t24-/m1/s1. The summed E-state index contributed by atoms with van der Waals surface area (Å²) in [6.45, 7) is 10.7. The molecule has 3 rings (SSSR count). The molecule has 0 aliphatic heterocycles. The molecule has 39 heavy (non-hydrogen) atoms. The summed E-state index contributed by atoms with van der Waals surface area (Å²) >= 11 is 3.42. The van der Waals surface area contributed by atoms with Crippen molar-refractivity contribution in [2.75, 3.05) is 10.8 Å². The molecule has 1 N–H and O–H groups in total. The number of nitrogens with zero attached hydrogens (tertiary/aromatic N) is 2. The third-order valence-electron chi connectivity index (χ3n) is 6.25. The number of carbonyl (C=O) groups excluding carboxylic acids is 2. The van der Waals surface area contributed by atoms with Crippen LogP contribution in [0.2, 0.25) is 0 Å². The maximum absolute atomic E-state index is 14.0. The van der Waals surface area contributed by atoms with E-state index in [4.69, 9.17) is 0 Å². The summed E-state index contributed by atoms with van der Waals surface area (Å²) < 4.78 is 29.9. The van der Waals surface area contributed by atoms with Crippen molar-refractivity contribution >= 4 is 43.5 Å². The van der Waals surface area contributed by atoms with E-state index < -0.39 is 28.5 Å². The minimum atomic E-state index is -4.10. The number of benzene rings is 3. The van der Waals surface area contributed by atoms with Gasteiger partial charge in [0.05, 0.1) is 10.6 Å². The van der Waals surface area contributed by atoms with Crippen LogP contribution in [0, 0.1) is 20.8 Å². The molecule has 0 saturated carbocycles. The Morgan fingerprint density at radius 2 is 1.41 bits per heavy atom. The maximum Gasteiger partial charge on any atom is 0.264 e. The number of hydrogen-bond acceptors (Lipinski definition) is 4. The van der Waals surface area contributed by atoms with Gasteiger partial charge in [-0.2, -0.15) is 0 Å². The molecule has 0 fully saturated rings. The van der Waals surface area contributed by atoms with Crippen molar-refractivity contribution in [1.29, 1.82) is 0 Å². The number of hydrogen-bond donors (Lipinski definition) is 1. The van der Waals surface area contributed by atoms with Crippen LogP contribution in [-0.2, 0) is 26.2 Å². The van der Waals surface area contributed by atoms with Crippen LogP contribution in [0.3, 0.4) is 0 Å². The average Bonchev–Trinajstić information content (AvgIpc) is 2.85. The zero-order chi connectivity index (χ0) is 28.9. The molecule has 9 heteroatoms. The zero-order valence-corrected chi connectivity index (χ0v) is 25.6. The van der Waals surface area contributed by atoms with Crippen molar-refractivity contribution in [2.45, 2.75) is 65.1 Å². The van der Waals surface area contributed by atoms with Crippen LogP contribution in [0.4, 0.5) is 5.69 Å². The molecule has 0 spiro atoms. The first-order valence-corrected chi connectivity index (χ1v) is 15.0. The van der Waals surface area contributed by atoms with Crippen molar-refractivity contribution in [2.24, 2.45) is 0 Å². The Bertz CT molecular complexity index is 1400. The SMILES string of the molecule is Cc1ccc(S(=O)(=O)N(CC(=O)N(Cc2ccc(Br)cc2)[C@H](C)C(=O)NC(C)C)c2cc(C)cc(C)c2)cc1. The van der Waals surface area contributed by atoms with E-state index in [0.717, 1.165) is 31.0 Å². The van der Waals surface area contributed by atoms with Gasteiger partial charge in [-0.3, -0.25) is 13.9 Å². The number of anilines is 1. The third-order valence-corrected chi connectivity index (χ3v) is 8.56. The molecule has 1 atom stereocenters. The van der Waals surface area contributed by atoms with E-state index in [0.29, 0.717) is 5.69 Å². The van der Waals surface area contributed by atoms with Crippen LogP contribution in [0.25, 0.3) is 0 Å². The van der Waals surface area contributed by atoms with Gasteiger partial charge >= 0.3 is 0 Å². The van der Waals surface area contributed by atoms with Crippen molar-refractivity contribution in [1.82, 2.24) is 10.2 Å². The topological polar surface area (TPSA) is 86.8 Å². The number of halogens is 1. The molecule has 0 saturated heterocycles. The third kappa shape index (κ3) is 7.92. The summed E-state index contributed by atoms with van der Waals surface area (Å²) in [4.78, 5) is 28.5. The van der Waals surface area contributed by atoms with E-state index in [1.807, 2.05) is 65.0 Å². The van der Waals surface area contributed by atoms with Gasteiger partial charge in [-0.1, -0.05) is 51.8 Å². The minimum absolute atomic E-state index is 0.0881. The molecule has 7 nitrogen and oxygen atoms in total. The number of nitrogens with one attached hydrogen (secondary N) is 1. The summed E-state index contributed by atoms with van der Waals surface area (Å²) in [7, 11) is -4.10. The number of carbonyl (C=O) groups is 2. The van der Waals surface area contributed by atoms with Gasteiger partial charge in [-0.15, -0.1) is 0 Å². The molecular weight excluding hydrogens is 578 g/mol. The Balaban J connectivity index is 2.06. The van der Waals surface area contributed by atoms with Gasteiger partial charge in [-0.05, 0) is 94.6 Å². The molecule has 0 unspecified atom stereocenters. The predicted octanol–water partition coefficient (Wildman–Crippen LogP) is 5.51. The highest BCUT2D eigenvalue weighted by Gasteiger charge is 2.32. The Hall–Kier alpha value is -3.17. The van der Waals surface area contributed by atoms with Crippen LogP contribution in [0.5, 0.6) is 0 Å². The lowest BCUT2D eigenvalue weighted by Crippen LogP contribution is -2.52. The monoisotopic (exact) mass is 613 g/mol. The largest absolute Gasteiger partial charge is 0.352 e. The van der Waals surface area contributed by atoms with Gasteiger partial charge in [0.15, 0.2) is 0 Å². The van der Waals surface area contributed by atoms with Gasteiger partial charge in [0.25, 0.3) is 10.0 Å².